The monoisotopic (exact) mass is 411 g/mol. The van der Waals surface area contributed by atoms with Crippen molar-refractivity contribution in [2.75, 3.05) is 0 Å². The minimum absolute atomic E-state index is 0.0591. The number of hydrogen-bond donors (Lipinski definition) is 0. The van der Waals surface area contributed by atoms with Crippen molar-refractivity contribution in [1.82, 2.24) is 14.5 Å². The Labute approximate surface area is 156 Å². The third-order valence-corrected chi connectivity index (χ3v) is 5.40. The number of halogens is 1. The van der Waals surface area contributed by atoms with Gasteiger partial charge < -0.3 is 0 Å². The quantitative estimate of drug-likeness (QED) is 0.493. The fourth-order valence-electron chi connectivity index (χ4n) is 2.63. The van der Waals surface area contributed by atoms with E-state index in [4.69, 9.17) is 0 Å². The van der Waals surface area contributed by atoms with Gasteiger partial charge in [0.1, 0.15) is 5.01 Å². The van der Waals surface area contributed by atoms with Crippen LogP contribution in [0.3, 0.4) is 0 Å². The molecule has 0 N–H and O–H groups in total. The Morgan fingerprint density at radius 3 is 2.76 bits per heavy atom. The van der Waals surface area contributed by atoms with Crippen molar-refractivity contribution in [3.8, 4) is 10.6 Å². The van der Waals surface area contributed by atoms with Gasteiger partial charge in [0.05, 0.1) is 29.5 Å². The number of rotatable bonds is 3. The number of hydrogen-bond acceptors (Lipinski definition) is 4. The molecule has 0 aliphatic heterocycles. The minimum Gasteiger partial charge on any atom is -0.293 e. The molecule has 4 rings (SSSR count). The zero-order chi connectivity index (χ0) is 17.4. The van der Waals surface area contributed by atoms with Crippen LogP contribution in [0.4, 0.5) is 0 Å². The average Bonchev–Trinajstić information content (AvgIpc) is 3.07. The molecule has 0 spiro atoms. The van der Waals surface area contributed by atoms with Crippen molar-refractivity contribution in [2.24, 2.45) is 0 Å². The zero-order valence-corrected chi connectivity index (χ0v) is 15.8. The Hall–Kier alpha value is -2.31. The van der Waals surface area contributed by atoms with E-state index >= 15 is 0 Å². The van der Waals surface area contributed by atoms with E-state index in [1.165, 1.54) is 5.56 Å². The van der Waals surface area contributed by atoms with E-state index in [0.717, 1.165) is 20.7 Å². The average molecular weight is 412 g/mol. The van der Waals surface area contributed by atoms with Crippen LogP contribution in [0.2, 0.25) is 0 Å². The van der Waals surface area contributed by atoms with E-state index in [1.54, 1.807) is 28.3 Å². The van der Waals surface area contributed by atoms with Gasteiger partial charge in [0, 0.05) is 15.4 Å². The summed E-state index contributed by atoms with van der Waals surface area (Å²) in [5.74, 6) is 0. The fraction of sp³-hybridized carbons (Fsp3) is 0.105. The van der Waals surface area contributed by atoms with E-state index < -0.39 is 0 Å². The number of thiazole rings is 1. The topological polar surface area (TPSA) is 47.8 Å². The smallest absolute Gasteiger partial charge is 0.261 e. The van der Waals surface area contributed by atoms with Crippen LogP contribution in [0, 0.1) is 6.92 Å². The maximum Gasteiger partial charge on any atom is 0.261 e. The van der Waals surface area contributed by atoms with Gasteiger partial charge in [-0.2, -0.15) is 0 Å². The second-order valence-electron chi connectivity index (χ2n) is 5.85. The van der Waals surface area contributed by atoms with Crippen molar-refractivity contribution in [3.63, 3.8) is 0 Å². The first-order chi connectivity index (χ1) is 12.1. The van der Waals surface area contributed by atoms with Crippen molar-refractivity contribution < 1.29 is 0 Å². The normalized spacial score (nSPS) is 11.1. The van der Waals surface area contributed by atoms with Crippen molar-refractivity contribution in [1.29, 1.82) is 0 Å². The molecule has 2 aromatic carbocycles. The van der Waals surface area contributed by atoms with Crippen LogP contribution in [0.15, 0.2) is 63.4 Å². The summed E-state index contributed by atoms with van der Waals surface area (Å²) in [6, 6.07) is 13.8. The van der Waals surface area contributed by atoms with Gasteiger partial charge in [0.15, 0.2) is 0 Å². The summed E-state index contributed by atoms with van der Waals surface area (Å²) in [5.41, 5.74) is 3.81. The second-order valence-corrected chi connectivity index (χ2v) is 7.62. The van der Waals surface area contributed by atoms with E-state index in [-0.39, 0.29) is 5.56 Å². The molecule has 124 valence electrons. The van der Waals surface area contributed by atoms with Gasteiger partial charge in [-0.05, 0) is 25.1 Å². The molecule has 0 unspecified atom stereocenters. The first kappa shape index (κ1) is 16.2. The van der Waals surface area contributed by atoms with Crippen LogP contribution in [-0.2, 0) is 6.54 Å². The molecule has 0 fully saturated rings. The maximum absolute atomic E-state index is 12.7. The summed E-state index contributed by atoms with van der Waals surface area (Å²) in [6.45, 7) is 2.48. The number of benzene rings is 2. The molecule has 2 aromatic heterocycles. The van der Waals surface area contributed by atoms with Gasteiger partial charge in [0.2, 0.25) is 0 Å². The lowest BCUT2D eigenvalue weighted by atomic mass is 10.2. The highest BCUT2D eigenvalue weighted by atomic mass is 79.9. The van der Waals surface area contributed by atoms with Crippen LogP contribution in [-0.4, -0.2) is 14.5 Å². The Morgan fingerprint density at radius 1 is 1.16 bits per heavy atom. The molecule has 25 heavy (non-hydrogen) atoms. The summed E-state index contributed by atoms with van der Waals surface area (Å²) in [5, 5.41) is 3.55. The largest absolute Gasteiger partial charge is 0.293 e. The van der Waals surface area contributed by atoms with Gasteiger partial charge in [-0.3, -0.25) is 9.36 Å². The number of aryl methyl sites for hydroxylation is 1. The molecule has 4 aromatic rings. The van der Waals surface area contributed by atoms with Crippen molar-refractivity contribution >= 4 is 38.2 Å². The molecule has 0 aliphatic rings. The summed E-state index contributed by atoms with van der Waals surface area (Å²) in [7, 11) is 0. The first-order valence-electron chi connectivity index (χ1n) is 7.76. The zero-order valence-electron chi connectivity index (χ0n) is 13.4. The van der Waals surface area contributed by atoms with Crippen molar-refractivity contribution in [2.45, 2.75) is 13.5 Å². The maximum atomic E-state index is 12.7. The fourth-order valence-corrected chi connectivity index (χ4v) is 3.80. The Bertz CT molecular complexity index is 1120. The van der Waals surface area contributed by atoms with Gasteiger partial charge >= 0.3 is 0 Å². The molecule has 6 heteroatoms. The van der Waals surface area contributed by atoms with Crippen LogP contribution in [0.5, 0.6) is 0 Å². The number of fused-ring (bicyclic) bond motifs is 1. The number of nitrogens with zero attached hydrogens (tertiary/aromatic N) is 3. The lowest BCUT2D eigenvalue weighted by Gasteiger charge is -2.05. The highest BCUT2D eigenvalue weighted by Crippen LogP contribution is 2.24. The predicted molar refractivity (Wildman–Crippen MR) is 105 cm³/mol. The van der Waals surface area contributed by atoms with E-state index in [1.807, 2.05) is 17.5 Å². The van der Waals surface area contributed by atoms with Gasteiger partial charge in [-0.15, -0.1) is 11.3 Å². The molecule has 0 saturated carbocycles. The predicted octanol–water partition coefficient (Wildman–Crippen LogP) is 4.64. The van der Waals surface area contributed by atoms with Crippen LogP contribution in [0.25, 0.3) is 21.5 Å². The Balaban J connectivity index is 1.67. The third-order valence-electron chi connectivity index (χ3n) is 3.97. The molecule has 0 amide bonds. The summed E-state index contributed by atoms with van der Waals surface area (Å²) < 4.78 is 2.47. The van der Waals surface area contributed by atoms with Crippen LogP contribution < -0.4 is 5.56 Å². The third kappa shape index (κ3) is 3.27. The summed E-state index contributed by atoms with van der Waals surface area (Å²) >= 11 is 4.99. The molecular formula is C19H14BrN3OS. The molecule has 4 nitrogen and oxygen atoms in total. The molecule has 0 bridgehead atoms. The Morgan fingerprint density at radius 2 is 1.96 bits per heavy atom. The lowest BCUT2D eigenvalue weighted by Crippen LogP contribution is -2.21. The molecule has 0 aliphatic carbocycles. The molecule has 0 atom stereocenters. The van der Waals surface area contributed by atoms with E-state index in [2.05, 4.69) is 57.1 Å². The van der Waals surface area contributed by atoms with Crippen molar-refractivity contribution in [3.05, 3.63) is 80.3 Å². The van der Waals surface area contributed by atoms with E-state index in [0.29, 0.717) is 17.4 Å². The molecular weight excluding hydrogens is 398 g/mol. The van der Waals surface area contributed by atoms with Gasteiger partial charge in [0.25, 0.3) is 5.56 Å². The Kier molecular flexibility index (Phi) is 4.23. The molecule has 2 heterocycles. The van der Waals surface area contributed by atoms with Gasteiger partial charge in [-0.25, -0.2) is 9.97 Å². The van der Waals surface area contributed by atoms with Crippen LogP contribution >= 0.6 is 27.3 Å². The van der Waals surface area contributed by atoms with E-state index in [9.17, 15) is 4.79 Å². The summed E-state index contributed by atoms with van der Waals surface area (Å²) in [4.78, 5) is 21.7. The van der Waals surface area contributed by atoms with Gasteiger partial charge in [-0.1, -0.05) is 45.8 Å². The first-order valence-corrected chi connectivity index (χ1v) is 9.43. The SMILES string of the molecule is Cc1ccc(-c2nc(Cn3cnc4ccc(Br)cc4c3=O)cs2)cc1. The lowest BCUT2D eigenvalue weighted by molar-refractivity contribution is 0.734. The molecule has 0 saturated heterocycles. The highest BCUT2D eigenvalue weighted by Gasteiger charge is 2.09. The second kappa shape index (κ2) is 6.54. The number of aromatic nitrogens is 3. The minimum atomic E-state index is -0.0591. The summed E-state index contributed by atoms with van der Waals surface area (Å²) in [6.07, 6.45) is 1.59. The van der Waals surface area contributed by atoms with Crippen LogP contribution in [0.1, 0.15) is 11.3 Å². The highest BCUT2D eigenvalue weighted by molar-refractivity contribution is 9.10. The molecule has 0 radical (unpaired) electrons. The standard InChI is InChI=1S/C19H14BrN3OS/c1-12-2-4-13(5-3-12)18-22-15(10-25-18)9-23-11-21-17-7-6-14(20)8-16(17)19(23)24/h2-8,10-11H,9H2,1H3.